The average Bonchev–Trinajstić information content (AvgIpc) is 3.89. The highest BCUT2D eigenvalue weighted by Crippen LogP contribution is 2.42. The summed E-state index contributed by atoms with van der Waals surface area (Å²) >= 11 is 0. The third kappa shape index (κ3) is 13.0. The van der Waals surface area contributed by atoms with Gasteiger partial charge in [0, 0.05) is 38.1 Å². The summed E-state index contributed by atoms with van der Waals surface area (Å²) in [6.45, 7) is 18.8. The second-order valence-corrected chi connectivity index (χ2v) is 21.3. The van der Waals surface area contributed by atoms with Crippen molar-refractivity contribution in [2.45, 2.75) is 198 Å². The summed E-state index contributed by atoms with van der Waals surface area (Å²) < 4.78 is 71.7. The van der Waals surface area contributed by atoms with Gasteiger partial charge < -0.3 is 63.1 Å². The van der Waals surface area contributed by atoms with Gasteiger partial charge in [-0.15, -0.1) is 5.10 Å². The number of methoxy groups -OCH3 is 1. The predicted molar refractivity (Wildman–Crippen MR) is 254 cm³/mol. The Bertz CT molecular complexity index is 2100. The van der Waals surface area contributed by atoms with Gasteiger partial charge in [-0.05, 0) is 112 Å². The Morgan fingerprint density at radius 2 is 1.69 bits per heavy atom. The lowest BCUT2D eigenvalue weighted by atomic mass is 9.77. The number of aliphatic hydroxyl groups excluding tert-OH is 1. The maximum atomic E-state index is 14.8. The van der Waals surface area contributed by atoms with Crippen molar-refractivity contribution in [3.63, 3.8) is 0 Å². The SMILES string of the molecule is CC[C@@H]1OC(=O)[C@H](C)[C@H](O[C@H]2C[C@@](C)(OC)[C@@H](OC(=O)NCc3cn(Cc4ccc(F)cc4)nn3)[C@H](C)O2)[C@H](C)[C@@H](O[C@@H]2O[C@H](C)C[C@H](N(C)C)[C@H]2O)[C@](C)(O)C[C@@H](C)CN(C)[C@H](C)[C@@H]2OC(=O)O[C@]12C. The second kappa shape index (κ2) is 23.0. The molecule has 0 spiro atoms. The Kier molecular flexibility index (Phi) is 18.2. The van der Waals surface area contributed by atoms with Gasteiger partial charge in [0.25, 0.3) is 0 Å². The van der Waals surface area contributed by atoms with Crippen molar-refractivity contribution in [1.29, 1.82) is 0 Å². The number of aromatic nitrogens is 3. The molecule has 6 rings (SSSR count). The molecule has 21 heteroatoms. The van der Waals surface area contributed by atoms with E-state index in [1.165, 1.54) is 19.2 Å². The van der Waals surface area contributed by atoms with E-state index in [0.29, 0.717) is 25.2 Å². The molecule has 0 bridgehead atoms. The lowest BCUT2D eigenvalue weighted by molar-refractivity contribution is -0.317. The summed E-state index contributed by atoms with van der Waals surface area (Å²) in [6.07, 6.45) is -8.28. The van der Waals surface area contributed by atoms with Crippen LogP contribution in [0.1, 0.15) is 106 Å². The minimum atomic E-state index is -1.63. The number of nitrogens with one attached hydrogen (secondary N) is 1. The molecule has 5 heterocycles. The van der Waals surface area contributed by atoms with Crippen LogP contribution in [0.3, 0.4) is 0 Å². The molecule has 400 valence electrons. The summed E-state index contributed by atoms with van der Waals surface area (Å²) in [5.41, 5.74) is -2.89. The first-order valence-corrected chi connectivity index (χ1v) is 24.9. The monoisotopic (exact) mass is 1010 g/mol. The van der Waals surface area contributed by atoms with Gasteiger partial charge in [-0.3, -0.25) is 9.69 Å². The quantitative estimate of drug-likeness (QED) is 0.192. The fourth-order valence-corrected chi connectivity index (χ4v) is 11.1. The maximum Gasteiger partial charge on any atom is 0.509 e. The fraction of sp³-hybridized carbons (Fsp3) is 0.780. The molecule has 4 saturated heterocycles. The van der Waals surface area contributed by atoms with Crippen LogP contribution in [0.5, 0.6) is 0 Å². The molecule has 18 atom stereocenters. The van der Waals surface area contributed by atoms with Gasteiger partial charge in [0.15, 0.2) is 30.4 Å². The van der Waals surface area contributed by atoms with E-state index in [4.69, 9.17) is 42.6 Å². The van der Waals surface area contributed by atoms with Crippen LogP contribution < -0.4 is 5.32 Å². The number of likely N-dealkylation sites (N-methyl/N-ethyl adjacent to an activating group) is 2. The maximum absolute atomic E-state index is 14.8. The number of cyclic esters (lactones) is 1. The van der Waals surface area contributed by atoms with Crippen LogP contribution >= 0.6 is 0 Å². The summed E-state index contributed by atoms with van der Waals surface area (Å²) in [5.74, 6) is -3.10. The van der Waals surface area contributed by atoms with E-state index in [9.17, 15) is 29.0 Å². The molecule has 2 aromatic rings. The lowest BCUT2D eigenvalue weighted by Crippen LogP contribution is -2.61. The van der Waals surface area contributed by atoms with E-state index in [1.807, 2.05) is 65.6 Å². The number of carbonyl (C=O) groups excluding carboxylic acids is 3. The lowest BCUT2D eigenvalue weighted by Gasteiger charge is -2.49. The first-order chi connectivity index (χ1) is 33.3. The van der Waals surface area contributed by atoms with Gasteiger partial charge in [-0.1, -0.05) is 38.1 Å². The Morgan fingerprint density at radius 3 is 2.34 bits per heavy atom. The highest BCUT2D eigenvalue weighted by molar-refractivity contribution is 5.73. The van der Waals surface area contributed by atoms with E-state index in [2.05, 4.69) is 15.6 Å². The zero-order chi connectivity index (χ0) is 52.3. The third-order valence-corrected chi connectivity index (χ3v) is 15.1. The Balaban J connectivity index is 1.28. The number of hydrogen-bond donors (Lipinski definition) is 3. The minimum absolute atomic E-state index is 0.000504. The molecule has 20 nitrogen and oxygen atoms in total. The topological polar surface area (TPSA) is 224 Å². The molecule has 1 amide bonds. The summed E-state index contributed by atoms with van der Waals surface area (Å²) in [6, 6.07) is 5.33. The zero-order valence-electron chi connectivity index (χ0n) is 43.9. The Morgan fingerprint density at radius 1 is 1.00 bits per heavy atom. The number of nitrogens with zero attached hydrogens (tertiary/aromatic N) is 5. The number of esters is 1. The molecule has 0 aliphatic carbocycles. The highest BCUT2D eigenvalue weighted by Gasteiger charge is 2.58. The number of alkyl carbamates (subject to hydrolysis) is 1. The molecular weight excluding hydrogens is 928 g/mol. The van der Waals surface area contributed by atoms with Crippen molar-refractivity contribution in [3.05, 3.63) is 47.5 Å². The van der Waals surface area contributed by atoms with Gasteiger partial charge in [0.05, 0.1) is 55.2 Å². The normalized spacial score (nSPS) is 39.9. The molecular formula is C50H79FN6O14. The first kappa shape index (κ1) is 56.2. The molecule has 3 N–H and O–H groups in total. The van der Waals surface area contributed by atoms with Crippen LogP contribution in [0.15, 0.2) is 30.5 Å². The molecule has 1 aromatic heterocycles. The summed E-state index contributed by atoms with van der Waals surface area (Å²) in [7, 11) is 7.15. The number of fused-ring (bicyclic) bond motifs is 1. The van der Waals surface area contributed by atoms with E-state index < -0.39 is 108 Å². The smallest absolute Gasteiger partial charge is 0.458 e. The fourth-order valence-electron chi connectivity index (χ4n) is 11.1. The minimum Gasteiger partial charge on any atom is -0.458 e. The molecule has 4 fully saturated rings. The number of aliphatic hydroxyl groups is 2. The molecule has 0 radical (unpaired) electrons. The van der Waals surface area contributed by atoms with Crippen LogP contribution in [0.25, 0.3) is 0 Å². The van der Waals surface area contributed by atoms with Crippen molar-refractivity contribution in [2.75, 3.05) is 34.8 Å². The number of halogens is 1. The van der Waals surface area contributed by atoms with Gasteiger partial charge >= 0.3 is 18.2 Å². The number of rotatable bonds is 12. The number of amides is 1. The molecule has 71 heavy (non-hydrogen) atoms. The number of ether oxygens (including phenoxy) is 9. The van der Waals surface area contributed by atoms with E-state index in [1.54, 1.807) is 57.6 Å². The molecule has 1 aromatic carbocycles. The molecule has 0 saturated carbocycles. The molecule has 4 aliphatic heterocycles. The van der Waals surface area contributed by atoms with Gasteiger partial charge in [-0.25, -0.2) is 18.7 Å². The van der Waals surface area contributed by atoms with Crippen LogP contribution in [0, 0.1) is 23.6 Å². The van der Waals surface area contributed by atoms with Gasteiger partial charge in [-0.2, -0.15) is 0 Å². The first-order valence-electron chi connectivity index (χ1n) is 24.9. The van der Waals surface area contributed by atoms with Crippen molar-refractivity contribution in [1.82, 2.24) is 30.1 Å². The van der Waals surface area contributed by atoms with Gasteiger partial charge in [0.2, 0.25) is 0 Å². The zero-order valence-corrected chi connectivity index (χ0v) is 43.9. The third-order valence-electron chi connectivity index (χ3n) is 15.1. The number of hydrogen-bond acceptors (Lipinski definition) is 18. The predicted octanol–water partition coefficient (Wildman–Crippen LogP) is 4.80. The van der Waals surface area contributed by atoms with Crippen LogP contribution in [-0.4, -0.2) is 178 Å². The van der Waals surface area contributed by atoms with Crippen LogP contribution in [0.4, 0.5) is 14.0 Å². The standard InChI is InChI=1S/C50H79FN6O14/c1-15-37-50(10)42(70-47(61)71-50)31(6)56(13)24-27(2)21-48(8,62)41(68-45-39(58)36(55(11)12)20-28(3)64-45)29(4)40(30(5)44(59)66-37)67-38-22-49(9,63-14)43(32(7)65-38)69-46(60)52-23-35-26-57(54-53-35)25-33-16-18-34(51)19-17-33/h16-19,26-32,36-43,45,58,62H,15,20-25H2,1-14H3,(H,52,60)/t27-,28-,29+,30-,31-,32+,36+,37+,38+,39-,40-,41-,42+,43+,45+,48-,49-,50-/m1/s1. The Labute approximate surface area is 417 Å². The molecule has 0 unspecified atom stereocenters. The van der Waals surface area contributed by atoms with Crippen molar-refractivity contribution in [3.8, 4) is 0 Å². The largest absolute Gasteiger partial charge is 0.509 e. The molecule has 4 aliphatic rings. The summed E-state index contributed by atoms with van der Waals surface area (Å²) in [5, 5.41) is 35.5. The second-order valence-electron chi connectivity index (χ2n) is 21.3. The number of benzene rings is 1. The Hall–Kier alpha value is -4.06. The van der Waals surface area contributed by atoms with E-state index >= 15 is 0 Å². The van der Waals surface area contributed by atoms with E-state index in [-0.39, 0.29) is 49.7 Å². The average molecular weight is 1010 g/mol. The van der Waals surface area contributed by atoms with Gasteiger partial charge in [0.1, 0.15) is 29.3 Å². The van der Waals surface area contributed by atoms with Crippen LogP contribution in [0.2, 0.25) is 0 Å². The van der Waals surface area contributed by atoms with Crippen molar-refractivity contribution in [2.24, 2.45) is 17.8 Å². The highest BCUT2D eigenvalue weighted by atomic mass is 19.1. The van der Waals surface area contributed by atoms with E-state index in [0.717, 1.165) is 5.56 Å². The summed E-state index contributed by atoms with van der Waals surface area (Å²) in [4.78, 5) is 45.0. The van der Waals surface area contributed by atoms with Crippen LogP contribution in [-0.2, 0) is 60.5 Å². The van der Waals surface area contributed by atoms with Crippen molar-refractivity contribution < 1.29 is 71.6 Å². The number of carbonyl (C=O) groups is 3. The van der Waals surface area contributed by atoms with Crippen molar-refractivity contribution >= 4 is 18.2 Å².